The standard InChI is InChI=1S/C15H20N2O4S/c1-9(2)7-15(3)13(19)17(14(20)16-15)8-10-5-6-22-11(10)12(18)21-4/h5-6,9H,7-8H2,1-4H3,(H,16,20). The minimum atomic E-state index is -0.882. The van der Waals surface area contributed by atoms with Gasteiger partial charge in [0.15, 0.2) is 0 Å². The normalized spacial score (nSPS) is 21.4. The predicted octanol–water partition coefficient (Wildman–Crippen LogP) is 2.39. The molecule has 1 unspecified atom stereocenters. The number of rotatable bonds is 5. The highest BCUT2D eigenvalue weighted by Gasteiger charge is 2.47. The molecule has 3 amide bonds. The van der Waals surface area contributed by atoms with Crippen molar-refractivity contribution in [3.05, 3.63) is 21.9 Å². The van der Waals surface area contributed by atoms with Crippen LogP contribution in [0.4, 0.5) is 4.79 Å². The highest BCUT2D eigenvalue weighted by Crippen LogP contribution is 2.28. The summed E-state index contributed by atoms with van der Waals surface area (Å²) < 4.78 is 4.71. The van der Waals surface area contributed by atoms with Gasteiger partial charge in [-0.1, -0.05) is 13.8 Å². The Labute approximate surface area is 133 Å². The fourth-order valence-corrected chi connectivity index (χ4v) is 3.58. The third-order valence-corrected chi connectivity index (χ3v) is 4.54. The van der Waals surface area contributed by atoms with Gasteiger partial charge in [0.1, 0.15) is 10.4 Å². The van der Waals surface area contributed by atoms with Crippen molar-refractivity contribution in [2.75, 3.05) is 7.11 Å². The number of amides is 3. The van der Waals surface area contributed by atoms with Gasteiger partial charge in [-0.3, -0.25) is 9.69 Å². The number of carbonyl (C=O) groups excluding carboxylic acids is 3. The summed E-state index contributed by atoms with van der Waals surface area (Å²) in [6.45, 7) is 5.82. The summed E-state index contributed by atoms with van der Waals surface area (Å²) in [6, 6.07) is 1.31. The summed E-state index contributed by atoms with van der Waals surface area (Å²) in [7, 11) is 1.30. The van der Waals surface area contributed by atoms with Crippen molar-refractivity contribution in [2.24, 2.45) is 5.92 Å². The van der Waals surface area contributed by atoms with E-state index in [4.69, 9.17) is 4.74 Å². The van der Waals surface area contributed by atoms with Crippen molar-refractivity contribution in [3.63, 3.8) is 0 Å². The number of thiophene rings is 1. The quantitative estimate of drug-likeness (QED) is 0.666. The van der Waals surface area contributed by atoms with Crippen LogP contribution in [-0.4, -0.2) is 35.5 Å². The molecular formula is C15H20N2O4S. The van der Waals surface area contributed by atoms with E-state index in [1.54, 1.807) is 18.4 Å². The Kier molecular flexibility index (Phi) is 4.55. The average Bonchev–Trinajstić information content (AvgIpc) is 2.96. The molecule has 0 bridgehead atoms. The third kappa shape index (κ3) is 2.99. The number of nitrogens with zero attached hydrogens (tertiary/aromatic N) is 1. The van der Waals surface area contributed by atoms with Gasteiger partial charge in [-0.05, 0) is 36.3 Å². The van der Waals surface area contributed by atoms with Gasteiger partial charge in [0.05, 0.1) is 13.7 Å². The first kappa shape index (κ1) is 16.5. The molecule has 1 aromatic heterocycles. The summed E-state index contributed by atoms with van der Waals surface area (Å²) in [5, 5.41) is 4.50. The van der Waals surface area contributed by atoms with Crippen LogP contribution in [0.2, 0.25) is 0 Å². The first-order chi connectivity index (χ1) is 10.3. The number of urea groups is 1. The second-order valence-corrected chi connectivity index (χ2v) is 6.93. The summed E-state index contributed by atoms with van der Waals surface area (Å²) in [5.41, 5.74) is -0.263. The molecule has 2 heterocycles. The molecule has 0 aromatic carbocycles. The largest absolute Gasteiger partial charge is 0.465 e. The van der Waals surface area contributed by atoms with Gasteiger partial charge in [-0.2, -0.15) is 0 Å². The molecule has 0 radical (unpaired) electrons. The minimum absolute atomic E-state index is 0.0757. The van der Waals surface area contributed by atoms with E-state index < -0.39 is 17.5 Å². The topological polar surface area (TPSA) is 75.7 Å². The summed E-state index contributed by atoms with van der Waals surface area (Å²) >= 11 is 1.23. The lowest BCUT2D eigenvalue weighted by Gasteiger charge is -2.23. The zero-order valence-corrected chi connectivity index (χ0v) is 14.0. The van der Waals surface area contributed by atoms with Crippen LogP contribution in [0.25, 0.3) is 0 Å². The van der Waals surface area contributed by atoms with E-state index in [-0.39, 0.29) is 18.4 Å². The monoisotopic (exact) mass is 324 g/mol. The van der Waals surface area contributed by atoms with E-state index in [1.807, 2.05) is 13.8 Å². The number of hydrogen-bond donors (Lipinski definition) is 1. The molecule has 1 atom stereocenters. The Balaban J connectivity index is 2.21. The molecule has 7 heteroatoms. The fraction of sp³-hybridized carbons (Fsp3) is 0.533. The lowest BCUT2D eigenvalue weighted by Crippen LogP contribution is -2.44. The second-order valence-electron chi connectivity index (χ2n) is 6.02. The Morgan fingerprint density at radius 2 is 2.14 bits per heavy atom. The first-order valence-corrected chi connectivity index (χ1v) is 7.95. The number of imide groups is 1. The van der Waals surface area contributed by atoms with Crippen molar-refractivity contribution >= 4 is 29.2 Å². The maximum atomic E-state index is 12.6. The molecule has 0 saturated carbocycles. The average molecular weight is 324 g/mol. The van der Waals surface area contributed by atoms with Crippen LogP contribution in [0.15, 0.2) is 11.4 Å². The van der Waals surface area contributed by atoms with Crippen molar-refractivity contribution in [3.8, 4) is 0 Å². The number of methoxy groups -OCH3 is 1. The molecule has 1 saturated heterocycles. The highest BCUT2D eigenvalue weighted by atomic mass is 32.1. The molecule has 1 fully saturated rings. The lowest BCUT2D eigenvalue weighted by atomic mass is 9.91. The summed E-state index contributed by atoms with van der Waals surface area (Å²) in [6.07, 6.45) is 0.571. The van der Waals surface area contributed by atoms with E-state index in [9.17, 15) is 14.4 Å². The SMILES string of the molecule is COC(=O)c1sccc1CN1C(=O)NC(C)(CC(C)C)C1=O. The van der Waals surface area contributed by atoms with Crippen LogP contribution in [-0.2, 0) is 16.1 Å². The van der Waals surface area contributed by atoms with Gasteiger partial charge in [-0.25, -0.2) is 9.59 Å². The maximum Gasteiger partial charge on any atom is 0.348 e. The molecule has 2 rings (SSSR count). The molecule has 120 valence electrons. The molecule has 6 nitrogen and oxygen atoms in total. The lowest BCUT2D eigenvalue weighted by molar-refractivity contribution is -0.131. The molecule has 22 heavy (non-hydrogen) atoms. The summed E-state index contributed by atoms with van der Waals surface area (Å²) in [4.78, 5) is 38.0. The molecule has 1 aliphatic heterocycles. The maximum absolute atomic E-state index is 12.6. The summed E-state index contributed by atoms with van der Waals surface area (Å²) in [5.74, 6) is -0.434. The van der Waals surface area contributed by atoms with Gasteiger partial charge in [0.2, 0.25) is 0 Å². The number of nitrogens with one attached hydrogen (secondary N) is 1. The van der Waals surface area contributed by atoms with Crippen molar-refractivity contribution in [2.45, 2.75) is 39.3 Å². The van der Waals surface area contributed by atoms with Gasteiger partial charge in [0.25, 0.3) is 5.91 Å². The van der Waals surface area contributed by atoms with E-state index in [0.717, 1.165) is 4.90 Å². The van der Waals surface area contributed by atoms with Gasteiger partial charge >= 0.3 is 12.0 Å². The Bertz CT molecular complexity index is 610. The molecule has 1 N–H and O–H groups in total. The van der Waals surface area contributed by atoms with E-state index in [1.165, 1.54) is 18.4 Å². The zero-order chi connectivity index (χ0) is 16.5. The van der Waals surface area contributed by atoms with Crippen LogP contribution in [0, 0.1) is 5.92 Å². The van der Waals surface area contributed by atoms with Crippen LogP contribution in [0.5, 0.6) is 0 Å². The van der Waals surface area contributed by atoms with Crippen LogP contribution in [0.3, 0.4) is 0 Å². The van der Waals surface area contributed by atoms with Crippen molar-refractivity contribution in [1.29, 1.82) is 0 Å². The Morgan fingerprint density at radius 1 is 1.45 bits per heavy atom. The predicted molar refractivity (Wildman–Crippen MR) is 82.6 cm³/mol. The Hall–Kier alpha value is -1.89. The van der Waals surface area contributed by atoms with Crippen molar-refractivity contribution in [1.82, 2.24) is 10.2 Å². The van der Waals surface area contributed by atoms with Crippen LogP contribution in [0.1, 0.15) is 42.4 Å². The first-order valence-electron chi connectivity index (χ1n) is 7.07. The number of esters is 1. The third-order valence-electron chi connectivity index (χ3n) is 3.61. The second kappa shape index (κ2) is 6.08. The van der Waals surface area contributed by atoms with Crippen LogP contribution >= 0.6 is 11.3 Å². The number of hydrogen-bond acceptors (Lipinski definition) is 5. The smallest absolute Gasteiger partial charge is 0.348 e. The minimum Gasteiger partial charge on any atom is -0.465 e. The van der Waals surface area contributed by atoms with Crippen molar-refractivity contribution < 1.29 is 19.1 Å². The van der Waals surface area contributed by atoms with Gasteiger partial charge in [0, 0.05) is 0 Å². The van der Waals surface area contributed by atoms with Crippen LogP contribution < -0.4 is 5.32 Å². The fourth-order valence-electron chi connectivity index (χ4n) is 2.75. The highest BCUT2D eigenvalue weighted by molar-refractivity contribution is 7.12. The Morgan fingerprint density at radius 3 is 2.73 bits per heavy atom. The molecule has 1 aromatic rings. The number of ether oxygens (including phenoxy) is 1. The van der Waals surface area contributed by atoms with Gasteiger partial charge in [-0.15, -0.1) is 11.3 Å². The zero-order valence-electron chi connectivity index (χ0n) is 13.1. The van der Waals surface area contributed by atoms with E-state index >= 15 is 0 Å². The van der Waals surface area contributed by atoms with Gasteiger partial charge < -0.3 is 10.1 Å². The van der Waals surface area contributed by atoms with E-state index in [2.05, 4.69) is 5.32 Å². The molecular weight excluding hydrogens is 304 g/mol. The number of carbonyl (C=O) groups is 3. The molecule has 0 aliphatic carbocycles. The molecule has 1 aliphatic rings. The van der Waals surface area contributed by atoms with E-state index in [0.29, 0.717) is 16.9 Å². The molecule has 0 spiro atoms.